The largest absolute Gasteiger partial charge is 0.369 e. The number of hydrogen-bond donors (Lipinski definition) is 1. The molecule has 0 aromatic heterocycles. The highest BCUT2D eigenvalue weighted by atomic mass is 35.5. The Morgan fingerprint density at radius 1 is 1.36 bits per heavy atom. The van der Waals surface area contributed by atoms with Crippen LogP contribution in [0, 0.1) is 11.8 Å². The van der Waals surface area contributed by atoms with Gasteiger partial charge in [-0.25, -0.2) is 0 Å². The first-order chi connectivity index (χ1) is 6.72. The van der Waals surface area contributed by atoms with E-state index in [0.717, 1.165) is 11.1 Å². The third kappa shape index (κ3) is 3.51. The molecule has 0 aliphatic rings. The van der Waals surface area contributed by atoms with Crippen molar-refractivity contribution in [2.75, 3.05) is 0 Å². The number of hydrogen-bond acceptors (Lipinski definition) is 1. The van der Waals surface area contributed by atoms with Crippen molar-refractivity contribution in [2.45, 2.75) is 12.3 Å². The Bertz CT molecular complexity index is 373. The molecule has 0 fully saturated rings. The number of amides is 1. The molecule has 1 amide bonds. The third-order valence-corrected chi connectivity index (χ3v) is 1.91. The van der Waals surface area contributed by atoms with Crippen molar-refractivity contribution in [1.29, 1.82) is 0 Å². The Morgan fingerprint density at radius 2 is 2.00 bits per heavy atom. The van der Waals surface area contributed by atoms with Crippen LogP contribution in [0.2, 0.25) is 0 Å². The molecule has 1 aromatic rings. The SMILES string of the molecule is NC(=O)CC#Cc1ccc(CCl)cc1. The predicted octanol–water partition coefficient (Wildman–Crippen LogP) is 1.65. The van der Waals surface area contributed by atoms with Crippen LogP contribution in [0.3, 0.4) is 0 Å². The molecular formula is C11H10ClNO. The molecule has 0 atom stereocenters. The van der Waals surface area contributed by atoms with E-state index in [0.29, 0.717) is 5.88 Å². The molecule has 3 heteroatoms. The first-order valence-electron chi connectivity index (χ1n) is 4.14. The van der Waals surface area contributed by atoms with E-state index >= 15 is 0 Å². The summed E-state index contributed by atoms with van der Waals surface area (Å²) in [5.41, 5.74) is 6.85. The number of halogens is 1. The van der Waals surface area contributed by atoms with Crippen LogP contribution in [-0.2, 0) is 10.7 Å². The summed E-state index contributed by atoms with van der Waals surface area (Å²) in [6.07, 6.45) is 0.0945. The van der Waals surface area contributed by atoms with Crippen LogP contribution in [0.1, 0.15) is 17.5 Å². The molecule has 1 rings (SSSR count). The molecule has 0 bridgehead atoms. The van der Waals surface area contributed by atoms with Crippen LogP contribution < -0.4 is 5.73 Å². The van der Waals surface area contributed by atoms with Gasteiger partial charge in [0.1, 0.15) is 0 Å². The molecule has 0 unspecified atom stereocenters. The molecule has 0 spiro atoms. The van der Waals surface area contributed by atoms with Gasteiger partial charge in [-0.2, -0.15) is 0 Å². The minimum atomic E-state index is -0.408. The van der Waals surface area contributed by atoms with Crippen molar-refractivity contribution < 1.29 is 4.79 Å². The van der Waals surface area contributed by atoms with E-state index in [4.69, 9.17) is 17.3 Å². The van der Waals surface area contributed by atoms with Gasteiger partial charge in [0.2, 0.25) is 5.91 Å². The smallest absolute Gasteiger partial charge is 0.229 e. The van der Waals surface area contributed by atoms with Gasteiger partial charge in [-0.15, -0.1) is 11.6 Å². The van der Waals surface area contributed by atoms with Gasteiger partial charge in [0.05, 0.1) is 6.42 Å². The van der Waals surface area contributed by atoms with Crippen LogP contribution in [0.5, 0.6) is 0 Å². The Hall–Kier alpha value is -1.46. The molecule has 0 radical (unpaired) electrons. The van der Waals surface area contributed by atoms with Gasteiger partial charge in [0.15, 0.2) is 0 Å². The zero-order valence-corrected chi connectivity index (χ0v) is 8.34. The molecule has 0 saturated heterocycles. The van der Waals surface area contributed by atoms with Crippen molar-refractivity contribution >= 4 is 17.5 Å². The number of benzene rings is 1. The topological polar surface area (TPSA) is 43.1 Å². The van der Waals surface area contributed by atoms with Crippen molar-refractivity contribution in [2.24, 2.45) is 5.73 Å². The van der Waals surface area contributed by atoms with Gasteiger partial charge in [-0.3, -0.25) is 4.79 Å². The Labute approximate surface area is 88.1 Å². The van der Waals surface area contributed by atoms with Gasteiger partial charge in [0.25, 0.3) is 0 Å². The van der Waals surface area contributed by atoms with Crippen LogP contribution in [0.25, 0.3) is 0 Å². The fourth-order valence-electron chi connectivity index (χ4n) is 0.911. The summed E-state index contributed by atoms with van der Waals surface area (Å²) < 4.78 is 0. The average Bonchev–Trinajstić information content (AvgIpc) is 2.18. The highest BCUT2D eigenvalue weighted by Gasteiger charge is 1.90. The number of carbonyl (C=O) groups is 1. The van der Waals surface area contributed by atoms with E-state index in [1.165, 1.54) is 0 Å². The van der Waals surface area contributed by atoms with Crippen LogP contribution in [-0.4, -0.2) is 5.91 Å². The second kappa shape index (κ2) is 5.31. The average molecular weight is 208 g/mol. The summed E-state index contributed by atoms with van der Waals surface area (Å²) in [5.74, 6) is 5.60. The quantitative estimate of drug-likeness (QED) is 0.582. The second-order valence-electron chi connectivity index (χ2n) is 2.78. The zero-order valence-electron chi connectivity index (χ0n) is 7.59. The summed E-state index contributed by atoms with van der Waals surface area (Å²) in [4.78, 5) is 10.4. The molecule has 72 valence electrons. The van der Waals surface area contributed by atoms with Crippen molar-refractivity contribution in [3.05, 3.63) is 35.4 Å². The van der Waals surface area contributed by atoms with Crippen molar-refractivity contribution in [1.82, 2.24) is 0 Å². The maximum absolute atomic E-state index is 10.4. The molecule has 2 nitrogen and oxygen atoms in total. The minimum Gasteiger partial charge on any atom is -0.369 e. The molecule has 0 aliphatic heterocycles. The fraction of sp³-hybridized carbons (Fsp3) is 0.182. The lowest BCUT2D eigenvalue weighted by Crippen LogP contribution is -2.08. The van der Waals surface area contributed by atoms with Gasteiger partial charge >= 0.3 is 0 Å². The normalized spacial score (nSPS) is 8.93. The van der Waals surface area contributed by atoms with Crippen LogP contribution >= 0.6 is 11.6 Å². The number of carbonyl (C=O) groups excluding carboxylic acids is 1. The molecule has 0 heterocycles. The van der Waals surface area contributed by atoms with Gasteiger partial charge in [0, 0.05) is 11.4 Å². The predicted molar refractivity (Wildman–Crippen MR) is 56.7 cm³/mol. The highest BCUT2D eigenvalue weighted by Crippen LogP contribution is 2.05. The lowest BCUT2D eigenvalue weighted by molar-refractivity contribution is -0.117. The molecule has 2 N–H and O–H groups in total. The molecule has 14 heavy (non-hydrogen) atoms. The number of nitrogens with two attached hydrogens (primary N) is 1. The molecule has 0 aliphatic carbocycles. The monoisotopic (exact) mass is 207 g/mol. The summed E-state index contributed by atoms with van der Waals surface area (Å²) in [5, 5.41) is 0. The Morgan fingerprint density at radius 3 is 2.50 bits per heavy atom. The van der Waals surface area contributed by atoms with Crippen LogP contribution in [0.4, 0.5) is 0 Å². The van der Waals surface area contributed by atoms with E-state index in [1.54, 1.807) is 0 Å². The summed E-state index contributed by atoms with van der Waals surface area (Å²) in [7, 11) is 0. The fourth-order valence-corrected chi connectivity index (χ4v) is 1.09. The standard InChI is InChI=1S/C11H10ClNO/c12-8-10-6-4-9(5-7-10)2-1-3-11(13)14/h4-7H,3,8H2,(H2,13,14). The van der Waals surface area contributed by atoms with E-state index in [-0.39, 0.29) is 6.42 Å². The van der Waals surface area contributed by atoms with Gasteiger partial charge in [-0.1, -0.05) is 24.0 Å². The third-order valence-electron chi connectivity index (χ3n) is 1.60. The van der Waals surface area contributed by atoms with E-state index in [2.05, 4.69) is 11.8 Å². The van der Waals surface area contributed by atoms with Gasteiger partial charge in [-0.05, 0) is 17.7 Å². The lowest BCUT2D eigenvalue weighted by atomic mass is 10.1. The first-order valence-corrected chi connectivity index (χ1v) is 4.68. The minimum absolute atomic E-state index is 0.0945. The van der Waals surface area contributed by atoms with E-state index in [1.807, 2.05) is 24.3 Å². The van der Waals surface area contributed by atoms with Gasteiger partial charge < -0.3 is 5.73 Å². The second-order valence-corrected chi connectivity index (χ2v) is 3.04. The molecule has 0 saturated carbocycles. The Balaban J connectivity index is 2.66. The summed E-state index contributed by atoms with van der Waals surface area (Å²) in [6.45, 7) is 0. The maximum atomic E-state index is 10.4. The lowest BCUT2D eigenvalue weighted by Gasteiger charge is -1.93. The highest BCUT2D eigenvalue weighted by molar-refractivity contribution is 6.17. The maximum Gasteiger partial charge on any atom is 0.229 e. The van der Waals surface area contributed by atoms with Crippen LogP contribution in [0.15, 0.2) is 24.3 Å². The number of alkyl halides is 1. The zero-order chi connectivity index (χ0) is 10.4. The summed E-state index contributed by atoms with van der Waals surface area (Å²) >= 11 is 5.63. The van der Waals surface area contributed by atoms with E-state index in [9.17, 15) is 4.79 Å². The van der Waals surface area contributed by atoms with Crippen molar-refractivity contribution in [3.8, 4) is 11.8 Å². The summed E-state index contributed by atoms with van der Waals surface area (Å²) in [6, 6.07) is 7.54. The Kier molecular flexibility index (Phi) is 4.03. The van der Waals surface area contributed by atoms with Crippen molar-refractivity contribution in [3.63, 3.8) is 0 Å². The van der Waals surface area contributed by atoms with E-state index < -0.39 is 5.91 Å². The number of primary amides is 1. The first kappa shape index (κ1) is 10.6. The molecule has 1 aromatic carbocycles. The molecular weight excluding hydrogens is 198 g/mol. The number of rotatable bonds is 2.